The first-order valence-electron chi connectivity index (χ1n) is 9.79. The minimum absolute atomic E-state index is 0.0734. The third-order valence-corrected chi connectivity index (χ3v) is 6.51. The fraction of sp³-hybridized carbons (Fsp3) is 1.00. The second-order valence-electron chi connectivity index (χ2n) is 8.99. The van der Waals surface area contributed by atoms with E-state index in [1.165, 1.54) is 0 Å². The Balaban J connectivity index is 1.96. The number of aliphatic hydroxyl groups excluding tert-OH is 5. The lowest BCUT2D eigenvalue weighted by Gasteiger charge is -2.52. The molecule has 0 spiro atoms. The zero-order valence-electron chi connectivity index (χ0n) is 16.7. The predicted molar refractivity (Wildman–Crippen MR) is 96.7 cm³/mol. The van der Waals surface area contributed by atoms with E-state index < -0.39 is 60.5 Å². The zero-order chi connectivity index (χ0) is 20.6. The molecule has 1 saturated heterocycles. The maximum atomic E-state index is 11.3. The van der Waals surface area contributed by atoms with Crippen LogP contribution in [0, 0.1) is 11.3 Å². The highest BCUT2D eigenvalue weighted by molar-refractivity contribution is 5.02. The first-order valence-corrected chi connectivity index (χ1v) is 9.79. The Morgan fingerprint density at radius 3 is 2.30 bits per heavy atom. The summed E-state index contributed by atoms with van der Waals surface area (Å²) in [5.41, 5.74) is -1.41. The second kappa shape index (κ2) is 8.59. The van der Waals surface area contributed by atoms with E-state index in [1.54, 1.807) is 6.92 Å². The molecular formula is C19H36O8. The Morgan fingerprint density at radius 2 is 1.74 bits per heavy atom. The van der Waals surface area contributed by atoms with Crippen LogP contribution in [0.25, 0.3) is 0 Å². The molecule has 2 aliphatic rings. The van der Waals surface area contributed by atoms with E-state index in [1.807, 2.05) is 20.8 Å². The number of ether oxygens (including phenoxy) is 2. The molecule has 8 heteroatoms. The van der Waals surface area contributed by atoms with Gasteiger partial charge < -0.3 is 40.1 Å². The van der Waals surface area contributed by atoms with Gasteiger partial charge in [-0.1, -0.05) is 20.8 Å². The lowest BCUT2D eigenvalue weighted by Crippen LogP contribution is -2.59. The van der Waals surface area contributed by atoms with Crippen molar-refractivity contribution in [1.29, 1.82) is 0 Å². The third kappa shape index (κ3) is 4.64. The van der Waals surface area contributed by atoms with Crippen LogP contribution < -0.4 is 0 Å². The van der Waals surface area contributed by atoms with Gasteiger partial charge in [-0.05, 0) is 43.9 Å². The SMILES string of the molecule is C[C@@H]1C[C@H](O)CC(C)(C)[C@@]1(O)CC[C@H](C)O[C@H]1O[C@@H](CO)[C@H](O)[C@@H](O)[C@@H]1O. The predicted octanol–water partition coefficient (Wildman–Crippen LogP) is -0.480. The number of aliphatic hydroxyl groups is 6. The van der Waals surface area contributed by atoms with Gasteiger partial charge in [0.15, 0.2) is 6.29 Å². The Labute approximate surface area is 160 Å². The number of rotatable bonds is 6. The molecule has 2 fully saturated rings. The van der Waals surface area contributed by atoms with Crippen molar-refractivity contribution >= 4 is 0 Å². The summed E-state index contributed by atoms with van der Waals surface area (Å²) in [5, 5.41) is 60.3. The van der Waals surface area contributed by atoms with Crippen LogP contribution in [0.4, 0.5) is 0 Å². The van der Waals surface area contributed by atoms with Gasteiger partial charge in [-0.2, -0.15) is 0 Å². The van der Waals surface area contributed by atoms with Crippen LogP contribution in [0.5, 0.6) is 0 Å². The largest absolute Gasteiger partial charge is 0.394 e. The van der Waals surface area contributed by atoms with E-state index >= 15 is 0 Å². The monoisotopic (exact) mass is 392 g/mol. The fourth-order valence-corrected chi connectivity index (χ4v) is 4.60. The van der Waals surface area contributed by atoms with Gasteiger partial charge in [0.1, 0.15) is 24.4 Å². The quantitative estimate of drug-likeness (QED) is 0.356. The molecular weight excluding hydrogens is 356 g/mol. The first kappa shape index (κ1) is 23.0. The topological polar surface area (TPSA) is 140 Å². The molecule has 0 radical (unpaired) electrons. The van der Waals surface area contributed by atoms with Crippen molar-refractivity contribution in [2.24, 2.45) is 11.3 Å². The third-order valence-electron chi connectivity index (χ3n) is 6.51. The molecule has 0 amide bonds. The summed E-state index contributed by atoms with van der Waals surface area (Å²) in [6, 6.07) is 0. The van der Waals surface area contributed by atoms with Gasteiger partial charge >= 0.3 is 0 Å². The summed E-state index contributed by atoms with van der Waals surface area (Å²) >= 11 is 0. The van der Waals surface area contributed by atoms with Crippen LogP contribution in [0.15, 0.2) is 0 Å². The molecule has 1 saturated carbocycles. The summed E-state index contributed by atoms with van der Waals surface area (Å²) in [6.45, 7) is 7.12. The summed E-state index contributed by atoms with van der Waals surface area (Å²) in [7, 11) is 0. The highest BCUT2D eigenvalue weighted by atomic mass is 16.7. The molecule has 0 unspecified atom stereocenters. The normalized spacial score (nSPS) is 46.2. The molecule has 1 aliphatic carbocycles. The van der Waals surface area contributed by atoms with Crippen molar-refractivity contribution in [2.75, 3.05) is 6.61 Å². The molecule has 8 nitrogen and oxygen atoms in total. The molecule has 27 heavy (non-hydrogen) atoms. The van der Waals surface area contributed by atoms with Crippen molar-refractivity contribution in [1.82, 2.24) is 0 Å². The summed E-state index contributed by atoms with van der Waals surface area (Å²) < 4.78 is 11.1. The van der Waals surface area contributed by atoms with Gasteiger partial charge in [-0.15, -0.1) is 0 Å². The zero-order valence-corrected chi connectivity index (χ0v) is 16.7. The van der Waals surface area contributed by atoms with E-state index in [-0.39, 0.29) is 5.92 Å². The highest BCUT2D eigenvalue weighted by Crippen LogP contribution is 2.49. The van der Waals surface area contributed by atoms with Crippen molar-refractivity contribution in [3.63, 3.8) is 0 Å². The van der Waals surface area contributed by atoms with Crippen LogP contribution in [-0.4, -0.2) is 85.8 Å². The lowest BCUT2D eigenvalue weighted by atomic mass is 9.58. The Bertz CT molecular complexity index is 484. The molecule has 1 heterocycles. The minimum atomic E-state index is -1.48. The minimum Gasteiger partial charge on any atom is -0.394 e. The summed E-state index contributed by atoms with van der Waals surface area (Å²) in [6.07, 6.45) is -5.34. The van der Waals surface area contributed by atoms with Crippen LogP contribution in [0.3, 0.4) is 0 Å². The first-order chi connectivity index (χ1) is 12.4. The molecule has 1 aliphatic heterocycles. The van der Waals surface area contributed by atoms with Crippen molar-refractivity contribution in [3.8, 4) is 0 Å². The number of hydrogen-bond donors (Lipinski definition) is 6. The summed E-state index contributed by atoms with van der Waals surface area (Å²) in [5.74, 6) is -0.0734. The molecule has 0 aromatic heterocycles. The van der Waals surface area contributed by atoms with Gasteiger partial charge in [-0.3, -0.25) is 0 Å². The lowest BCUT2D eigenvalue weighted by molar-refractivity contribution is -0.311. The van der Waals surface area contributed by atoms with Crippen LogP contribution in [0.2, 0.25) is 0 Å². The molecule has 0 bridgehead atoms. The van der Waals surface area contributed by atoms with Crippen LogP contribution in [-0.2, 0) is 9.47 Å². The average molecular weight is 392 g/mol. The van der Waals surface area contributed by atoms with Gasteiger partial charge in [0.05, 0.1) is 24.4 Å². The van der Waals surface area contributed by atoms with Gasteiger partial charge in [0.2, 0.25) is 0 Å². The highest BCUT2D eigenvalue weighted by Gasteiger charge is 2.52. The standard InChI is InChI=1S/C19H36O8/c1-10-7-12(21)8-18(3,4)19(10,25)6-5-11(2)26-17-16(24)15(23)14(22)13(9-20)27-17/h10-17,20-25H,5-9H2,1-4H3/t10-,11+,12+,13+,14+,15-,16+,17+,19-/m1/s1. The van der Waals surface area contributed by atoms with E-state index in [9.17, 15) is 30.6 Å². The van der Waals surface area contributed by atoms with E-state index in [0.29, 0.717) is 25.7 Å². The maximum Gasteiger partial charge on any atom is 0.186 e. The molecule has 160 valence electrons. The summed E-state index contributed by atoms with van der Waals surface area (Å²) in [4.78, 5) is 0. The van der Waals surface area contributed by atoms with E-state index in [0.717, 1.165) is 0 Å². The Hall–Kier alpha value is -0.320. The average Bonchev–Trinajstić information content (AvgIpc) is 2.58. The second-order valence-corrected chi connectivity index (χ2v) is 8.99. The number of hydrogen-bond acceptors (Lipinski definition) is 8. The molecule has 6 N–H and O–H groups in total. The van der Waals surface area contributed by atoms with Crippen LogP contribution >= 0.6 is 0 Å². The van der Waals surface area contributed by atoms with Gasteiger partial charge in [-0.25, -0.2) is 0 Å². The van der Waals surface area contributed by atoms with Crippen molar-refractivity contribution in [3.05, 3.63) is 0 Å². The molecule has 9 atom stereocenters. The van der Waals surface area contributed by atoms with Crippen molar-refractivity contribution < 1.29 is 40.1 Å². The van der Waals surface area contributed by atoms with Gasteiger partial charge in [0.25, 0.3) is 0 Å². The van der Waals surface area contributed by atoms with Crippen molar-refractivity contribution in [2.45, 2.75) is 102 Å². The van der Waals surface area contributed by atoms with E-state index in [2.05, 4.69) is 0 Å². The Morgan fingerprint density at radius 1 is 1.11 bits per heavy atom. The van der Waals surface area contributed by atoms with Gasteiger partial charge in [0, 0.05) is 0 Å². The smallest absolute Gasteiger partial charge is 0.186 e. The fourth-order valence-electron chi connectivity index (χ4n) is 4.60. The van der Waals surface area contributed by atoms with E-state index in [4.69, 9.17) is 9.47 Å². The Kier molecular flexibility index (Phi) is 7.30. The maximum absolute atomic E-state index is 11.3. The molecule has 0 aromatic rings. The molecule has 2 rings (SSSR count). The van der Waals surface area contributed by atoms with Crippen LogP contribution in [0.1, 0.15) is 53.4 Å². The molecule has 0 aromatic carbocycles.